The van der Waals surface area contributed by atoms with Gasteiger partial charge in [0.2, 0.25) is 0 Å². The summed E-state index contributed by atoms with van der Waals surface area (Å²) in [5.41, 5.74) is 2.53. The van der Waals surface area contributed by atoms with Crippen molar-refractivity contribution in [2.45, 2.75) is 57.7 Å². The lowest BCUT2D eigenvalue weighted by Gasteiger charge is -2.42. The van der Waals surface area contributed by atoms with Gasteiger partial charge < -0.3 is 14.6 Å². The monoisotopic (exact) mass is 552 g/mol. The van der Waals surface area contributed by atoms with E-state index in [-0.39, 0.29) is 11.6 Å². The first kappa shape index (κ1) is 29.0. The van der Waals surface area contributed by atoms with Crippen molar-refractivity contribution in [3.63, 3.8) is 0 Å². The maximum Gasteiger partial charge on any atom is 0.262 e. The average molecular weight is 553 g/mol. The second-order valence-corrected chi connectivity index (χ2v) is 21.5. The molecule has 3 aromatic rings. The van der Waals surface area contributed by atoms with E-state index in [1.165, 1.54) is 10.4 Å². The molecule has 0 saturated heterocycles. The summed E-state index contributed by atoms with van der Waals surface area (Å²) in [7, 11) is -4.65. The van der Waals surface area contributed by atoms with E-state index in [0.717, 1.165) is 21.9 Å². The van der Waals surface area contributed by atoms with Gasteiger partial charge in [-0.1, -0.05) is 143 Å². The molecule has 0 radical (unpaired) electrons. The lowest BCUT2D eigenvalue weighted by atomic mass is 9.78. The van der Waals surface area contributed by atoms with Crippen LogP contribution in [0.1, 0.15) is 26.3 Å². The van der Waals surface area contributed by atoms with Crippen molar-refractivity contribution in [1.29, 1.82) is 0 Å². The van der Waals surface area contributed by atoms with Crippen LogP contribution in [-0.4, -0.2) is 45.4 Å². The van der Waals surface area contributed by atoms with Crippen LogP contribution in [0.15, 0.2) is 107 Å². The van der Waals surface area contributed by atoms with Crippen molar-refractivity contribution in [2.75, 3.05) is 6.61 Å². The molecule has 0 bridgehead atoms. The molecule has 4 rings (SSSR count). The number of aliphatic hydroxyl groups is 2. The van der Waals surface area contributed by atoms with Crippen molar-refractivity contribution in [2.24, 2.45) is 0 Å². The number of hydrogen-bond acceptors (Lipinski definition) is 3. The molecule has 0 heterocycles. The second-order valence-electron chi connectivity index (χ2n) is 12.2. The molecular weight excluding hydrogens is 513 g/mol. The highest BCUT2D eigenvalue weighted by Gasteiger charge is 2.50. The Kier molecular flexibility index (Phi) is 8.65. The van der Waals surface area contributed by atoms with Crippen molar-refractivity contribution in [3.05, 3.63) is 113 Å². The summed E-state index contributed by atoms with van der Waals surface area (Å²) in [5.74, 6) is 6.78. The normalized spacial score (nSPS) is 20.2. The molecule has 0 aliphatic heterocycles. The first-order valence-corrected chi connectivity index (χ1v) is 19.0. The Morgan fingerprint density at radius 2 is 1.28 bits per heavy atom. The summed E-state index contributed by atoms with van der Waals surface area (Å²) in [5, 5.41) is 24.8. The van der Waals surface area contributed by atoms with E-state index in [1.54, 1.807) is 0 Å². The van der Waals surface area contributed by atoms with Crippen molar-refractivity contribution < 1.29 is 14.6 Å². The third-order valence-electron chi connectivity index (χ3n) is 7.36. The standard InChI is InChI=1S/C34H40O3Si2/c1-34(2,3)39(27-19-12-8-13-20-27,28-21-14-9-15-22-28)37-24-16-23-30(38(4,5)6)31-29(32(35)33(31)36)25-26-17-10-7-11-18-26/h7-15,17-22,25,32-33,35-36H,24H2,1-6H3/b29-25-,31-30-/t32-,33+/m1/s1. The molecule has 1 fully saturated rings. The van der Waals surface area contributed by atoms with Gasteiger partial charge in [-0.05, 0) is 43.4 Å². The SMILES string of the molecule is CC(C)(C)[Si](OCC#C/C(=C1\C(=C\c2ccccc2)[C@@H](O)[C@H]1O)[Si](C)(C)C)(c1ccccc1)c1ccccc1. The van der Waals surface area contributed by atoms with Gasteiger partial charge in [-0.15, -0.1) is 0 Å². The topological polar surface area (TPSA) is 49.7 Å². The minimum absolute atomic E-state index is 0.128. The van der Waals surface area contributed by atoms with E-state index in [1.807, 2.05) is 48.5 Å². The van der Waals surface area contributed by atoms with E-state index < -0.39 is 28.6 Å². The molecule has 3 aromatic carbocycles. The van der Waals surface area contributed by atoms with Crippen LogP contribution in [0, 0.1) is 11.8 Å². The van der Waals surface area contributed by atoms with Crippen molar-refractivity contribution in [3.8, 4) is 11.8 Å². The highest BCUT2D eigenvalue weighted by atomic mass is 28.4. The molecule has 0 spiro atoms. The summed E-state index contributed by atoms with van der Waals surface area (Å²) < 4.78 is 6.96. The fourth-order valence-corrected chi connectivity index (χ4v) is 11.4. The first-order chi connectivity index (χ1) is 18.5. The van der Waals surface area contributed by atoms with Gasteiger partial charge in [-0.3, -0.25) is 0 Å². The van der Waals surface area contributed by atoms with Crippen LogP contribution in [0.3, 0.4) is 0 Å². The molecule has 3 nitrogen and oxygen atoms in total. The van der Waals surface area contributed by atoms with E-state index in [0.29, 0.717) is 0 Å². The van der Waals surface area contributed by atoms with Gasteiger partial charge in [0.15, 0.2) is 0 Å². The van der Waals surface area contributed by atoms with E-state index in [2.05, 4.69) is 101 Å². The molecule has 0 aromatic heterocycles. The van der Waals surface area contributed by atoms with Crippen LogP contribution in [0.2, 0.25) is 24.7 Å². The molecule has 1 aliphatic rings. The smallest absolute Gasteiger partial charge is 0.262 e. The van der Waals surface area contributed by atoms with Crippen LogP contribution in [-0.2, 0) is 4.43 Å². The number of aliphatic hydroxyl groups excluding tert-OH is 2. The minimum Gasteiger partial charge on any atom is -0.396 e. The Balaban J connectivity index is 1.74. The number of hydrogen-bond donors (Lipinski definition) is 2. The van der Waals surface area contributed by atoms with Crippen LogP contribution in [0.5, 0.6) is 0 Å². The van der Waals surface area contributed by atoms with E-state index >= 15 is 0 Å². The zero-order chi connectivity index (χ0) is 28.3. The second kappa shape index (κ2) is 11.6. The summed E-state index contributed by atoms with van der Waals surface area (Å²) in [4.78, 5) is 0. The highest BCUT2D eigenvalue weighted by molar-refractivity contribution is 6.99. The van der Waals surface area contributed by atoms with Gasteiger partial charge in [0.25, 0.3) is 8.32 Å². The molecule has 202 valence electrons. The lowest BCUT2D eigenvalue weighted by molar-refractivity contribution is 0.0354. The molecule has 0 amide bonds. The van der Waals surface area contributed by atoms with E-state index in [9.17, 15) is 10.2 Å². The summed E-state index contributed by atoms with van der Waals surface area (Å²) >= 11 is 0. The number of rotatable bonds is 6. The zero-order valence-corrected chi connectivity index (χ0v) is 25.9. The first-order valence-electron chi connectivity index (χ1n) is 13.6. The molecular formula is C34H40O3Si2. The van der Waals surface area contributed by atoms with Gasteiger partial charge in [-0.25, -0.2) is 0 Å². The van der Waals surface area contributed by atoms with Gasteiger partial charge in [0.1, 0.15) is 12.2 Å². The molecule has 2 N–H and O–H groups in total. The van der Waals surface area contributed by atoms with Crippen LogP contribution < -0.4 is 10.4 Å². The van der Waals surface area contributed by atoms with E-state index in [4.69, 9.17) is 4.43 Å². The fourth-order valence-electron chi connectivity index (χ4n) is 5.44. The summed E-state index contributed by atoms with van der Waals surface area (Å²) in [6.07, 6.45) is 0.142. The minimum atomic E-state index is -2.69. The number of allylic oxidation sites excluding steroid dienone is 1. The molecule has 0 unspecified atom stereocenters. The molecule has 39 heavy (non-hydrogen) atoms. The molecule has 1 aliphatic carbocycles. The Labute approximate surface area is 236 Å². The average Bonchev–Trinajstić information content (AvgIpc) is 2.91. The van der Waals surface area contributed by atoms with Gasteiger partial charge >= 0.3 is 0 Å². The third kappa shape index (κ3) is 5.96. The zero-order valence-electron chi connectivity index (χ0n) is 23.9. The fraction of sp³-hybridized carbons (Fsp3) is 0.294. The van der Waals surface area contributed by atoms with Crippen LogP contribution in [0.25, 0.3) is 6.08 Å². The molecule has 1 saturated carbocycles. The summed E-state index contributed by atoms with van der Waals surface area (Å²) in [6, 6.07) is 31.0. The largest absolute Gasteiger partial charge is 0.396 e. The lowest BCUT2D eigenvalue weighted by Crippen LogP contribution is -2.66. The van der Waals surface area contributed by atoms with Gasteiger partial charge in [-0.2, -0.15) is 0 Å². The Morgan fingerprint density at radius 1 is 0.795 bits per heavy atom. The number of benzene rings is 3. The van der Waals surface area contributed by atoms with Gasteiger partial charge in [0, 0.05) is 0 Å². The molecule has 2 atom stereocenters. The Hall–Kier alpha value is -2.99. The van der Waals surface area contributed by atoms with Gasteiger partial charge in [0.05, 0.1) is 14.7 Å². The maximum atomic E-state index is 10.8. The van der Waals surface area contributed by atoms with Crippen LogP contribution >= 0.6 is 0 Å². The predicted octanol–water partition coefficient (Wildman–Crippen LogP) is 5.56. The van der Waals surface area contributed by atoms with Crippen molar-refractivity contribution in [1.82, 2.24) is 0 Å². The van der Waals surface area contributed by atoms with Crippen molar-refractivity contribution >= 4 is 32.8 Å². The predicted molar refractivity (Wildman–Crippen MR) is 168 cm³/mol. The molecule has 5 heteroatoms. The Morgan fingerprint density at radius 3 is 1.74 bits per heavy atom. The maximum absolute atomic E-state index is 10.8. The quantitative estimate of drug-likeness (QED) is 0.311. The van der Waals surface area contributed by atoms with Crippen LogP contribution in [0.4, 0.5) is 0 Å². The highest BCUT2D eigenvalue weighted by Crippen LogP contribution is 2.40. The Bertz CT molecular complexity index is 1350. The third-order valence-corrected chi connectivity index (χ3v) is 14.2. The summed E-state index contributed by atoms with van der Waals surface area (Å²) in [6.45, 7) is 13.7.